The van der Waals surface area contributed by atoms with Crippen LogP contribution in [0.5, 0.6) is 0 Å². The van der Waals surface area contributed by atoms with Gasteiger partial charge in [-0.3, -0.25) is 0 Å². The van der Waals surface area contributed by atoms with Gasteiger partial charge < -0.3 is 14.4 Å². The van der Waals surface area contributed by atoms with Crippen LogP contribution in [0.25, 0.3) is 0 Å². The van der Waals surface area contributed by atoms with E-state index in [0.29, 0.717) is 24.8 Å². The zero-order valence-corrected chi connectivity index (χ0v) is 12.6. The summed E-state index contributed by atoms with van der Waals surface area (Å²) < 4.78 is 11.5. The number of aromatic nitrogens is 1. The van der Waals surface area contributed by atoms with Crippen molar-refractivity contribution in [3.05, 3.63) is 23.4 Å². The summed E-state index contributed by atoms with van der Waals surface area (Å²) in [6.45, 7) is 3.37. The van der Waals surface area contributed by atoms with E-state index in [1.54, 1.807) is 6.20 Å². The van der Waals surface area contributed by atoms with Gasteiger partial charge in [-0.25, -0.2) is 4.98 Å². The maximum Gasteiger partial charge on any atom is 0.168 e. The third-order valence-corrected chi connectivity index (χ3v) is 4.66. The molecule has 0 amide bonds. The van der Waals surface area contributed by atoms with E-state index in [9.17, 15) is 5.26 Å². The first-order chi connectivity index (χ1) is 10.2. The maximum atomic E-state index is 9.36. The molecule has 0 bridgehead atoms. The second kappa shape index (κ2) is 5.63. The highest BCUT2D eigenvalue weighted by atomic mass is 16.7. The lowest BCUT2D eigenvalue weighted by molar-refractivity contribution is -0.178. The number of aryl methyl sites for hydroxylation is 1. The Morgan fingerprint density at radius 2 is 2.00 bits per heavy atom. The molecule has 0 unspecified atom stereocenters. The van der Waals surface area contributed by atoms with Crippen LogP contribution in [-0.2, 0) is 9.47 Å². The average Bonchev–Trinajstić information content (AvgIpc) is 2.95. The quantitative estimate of drug-likeness (QED) is 0.836. The largest absolute Gasteiger partial charge is 0.356 e. The Kier molecular flexibility index (Phi) is 3.83. The summed E-state index contributed by atoms with van der Waals surface area (Å²) in [4.78, 5) is 6.56. The van der Waals surface area contributed by atoms with E-state index in [2.05, 4.69) is 16.0 Å². The van der Waals surface area contributed by atoms with Crippen molar-refractivity contribution < 1.29 is 9.47 Å². The number of rotatable bonds is 2. The average molecular weight is 287 g/mol. The summed E-state index contributed by atoms with van der Waals surface area (Å²) in [7, 11) is 2.03. The standard InChI is InChI=1S/C16H21N3O2/c1-12-5-8-18-15(14(12)11-17)19(2)13-3-6-16(7-4-13)20-9-10-21-16/h5,8,13H,3-4,6-7,9-10H2,1-2H3. The van der Waals surface area contributed by atoms with E-state index >= 15 is 0 Å². The highest BCUT2D eigenvalue weighted by Crippen LogP contribution is 2.38. The van der Waals surface area contributed by atoms with Crippen molar-refractivity contribution in [2.24, 2.45) is 0 Å². The van der Waals surface area contributed by atoms with Gasteiger partial charge in [0, 0.05) is 32.1 Å². The zero-order valence-electron chi connectivity index (χ0n) is 12.6. The third kappa shape index (κ3) is 2.61. The summed E-state index contributed by atoms with van der Waals surface area (Å²) in [6.07, 6.45) is 5.59. The van der Waals surface area contributed by atoms with Gasteiger partial charge in [-0.2, -0.15) is 5.26 Å². The van der Waals surface area contributed by atoms with Gasteiger partial charge in [0.1, 0.15) is 11.9 Å². The van der Waals surface area contributed by atoms with Crippen LogP contribution in [0.15, 0.2) is 12.3 Å². The van der Waals surface area contributed by atoms with Gasteiger partial charge in [-0.15, -0.1) is 0 Å². The predicted octanol–water partition coefficient (Wildman–Crippen LogP) is 2.38. The van der Waals surface area contributed by atoms with Crippen molar-refractivity contribution in [2.75, 3.05) is 25.2 Å². The number of anilines is 1. The Morgan fingerprint density at radius 3 is 2.62 bits per heavy atom. The first-order valence-corrected chi connectivity index (χ1v) is 7.52. The number of pyridine rings is 1. The minimum atomic E-state index is -0.338. The van der Waals surface area contributed by atoms with Crippen molar-refractivity contribution >= 4 is 5.82 Å². The van der Waals surface area contributed by atoms with E-state index in [0.717, 1.165) is 37.1 Å². The van der Waals surface area contributed by atoms with Crippen molar-refractivity contribution in [3.8, 4) is 6.07 Å². The van der Waals surface area contributed by atoms with Crippen molar-refractivity contribution in [2.45, 2.75) is 44.4 Å². The SMILES string of the molecule is Cc1ccnc(N(C)C2CCC3(CC2)OCCO3)c1C#N. The van der Waals surface area contributed by atoms with Crippen molar-refractivity contribution in [1.82, 2.24) is 4.98 Å². The molecule has 1 spiro atoms. The van der Waals surface area contributed by atoms with Gasteiger partial charge in [0.05, 0.1) is 18.8 Å². The number of hydrogen-bond acceptors (Lipinski definition) is 5. The fraction of sp³-hybridized carbons (Fsp3) is 0.625. The molecule has 1 aliphatic carbocycles. The topological polar surface area (TPSA) is 58.4 Å². The van der Waals surface area contributed by atoms with E-state index < -0.39 is 0 Å². The maximum absolute atomic E-state index is 9.36. The first-order valence-electron chi connectivity index (χ1n) is 7.52. The van der Waals surface area contributed by atoms with Crippen LogP contribution < -0.4 is 4.90 Å². The molecular formula is C16H21N3O2. The second-order valence-corrected chi connectivity index (χ2v) is 5.89. The normalized spacial score (nSPS) is 21.4. The van der Waals surface area contributed by atoms with Gasteiger partial charge in [0.15, 0.2) is 5.79 Å². The Hall–Kier alpha value is -1.64. The van der Waals surface area contributed by atoms with Gasteiger partial charge in [0.25, 0.3) is 0 Å². The van der Waals surface area contributed by atoms with Crippen molar-refractivity contribution in [1.29, 1.82) is 5.26 Å². The van der Waals surface area contributed by atoms with E-state index in [-0.39, 0.29) is 5.79 Å². The molecule has 2 heterocycles. The Bertz CT molecular complexity index is 551. The van der Waals surface area contributed by atoms with E-state index in [1.165, 1.54) is 0 Å². The predicted molar refractivity (Wildman–Crippen MR) is 79.0 cm³/mol. The molecule has 21 heavy (non-hydrogen) atoms. The van der Waals surface area contributed by atoms with Crippen LogP contribution in [0, 0.1) is 18.3 Å². The fourth-order valence-electron chi connectivity index (χ4n) is 3.34. The molecule has 3 rings (SSSR count). The lowest BCUT2D eigenvalue weighted by Gasteiger charge is -2.39. The molecule has 0 aromatic carbocycles. The summed E-state index contributed by atoms with van der Waals surface area (Å²) in [5.74, 6) is 0.446. The molecule has 5 nitrogen and oxygen atoms in total. The molecule has 0 atom stereocenters. The molecular weight excluding hydrogens is 266 g/mol. The van der Waals surface area contributed by atoms with Gasteiger partial charge >= 0.3 is 0 Å². The van der Waals surface area contributed by atoms with Gasteiger partial charge in [-0.1, -0.05) is 0 Å². The second-order valence-electron chi connectivity index (χ2n) is 5.89. The van der Waals surface area contributed by atoms with E-state index in [1.807, 2.05) is 20.0 Å². The summed E-state index contributed by atoms with van der Waals surface area (Å²) in [5.41, 5.74) is 1.65. The monoisotopic (exact) mass is 287 g/mol. The van der Waals surface area contributed by atoms with Gasteiger partial charge in [0.2, 0.25) is 0 Å². The minimum absolute atomic E-state index is 0.338. The molecule has 2 fully saturated rings. The molecule has 1 aromatic rings. The van der Waals surface area contributed by atoms with Crippen LogP contribution in [-0.4, -0.2) is 37.1 Å². The fourth-order valence-corrected chi connectivity index (χ4v) is 3.34. The molecule has 1 saturated carbocycles. The summed E-state index contributed by atoms with van der Waals surface area (Å²) in [6, 6.07) is 4.54. The lowest BCUT2D eigenvalue weighted by Crippen LogP contribution is -2.43. The van der Waals surface area contributed by atoms with Crippen LogP contribution >= 0.6 is 0 Å². The molecule has 2 aliphatic rings. The van der Waals surface area contributed by atoms with E-state index in [4.69, 9.17) is 9.47 Å². The Labute approximate surface area is 125 Å². The third-order valence-electron chi connectivity index (χ3n) is 4.66. The van der Waals surface area contributed by atoms with Crippen molar-refractivity contribution in [3.63, 3.8) is 0 Å². The number of hydrogen-bond donors (Lipinski definition) is 0. The molecule has 112 valence electrons. The molecule has 5 heteroatoms. The number of ether oxygens (including phenoxy) is 2. The van der Waals surface area contributed by atoms with Crippen LogP contribution in [0.1, 0.15) is 36.8 Å². The molecule has 1 saturated heterocycles. The smallest absolute Gasteiger partial charge is 0.168 e. The highest BCUT2D eigenvalue weighted by Gasteiger charge is 2.41. The molecule has 1 aromatic heterocycles. The summed E-state index contributed by atoms with van der Waals surface area (Å²) in [5, 5.41) is 9.36. The Morgan fingerprint density at radius 1 is 1.33 bits per heavy atom. The van der Waals surface area contributed by atoms with Crippen LogP contribution in [0.3, 0.4) is 0 Å². The first kappa shape index (κ1) is 14.3. The highest BCUT2D eigenvalue weighted by molar-refractivity contribution is 5.57. The minimum Gasteiger partial charge on any atom is -0.356 e. The zero-order chi connectivity index (χ0) is 14.9. The summed E-state index contributed by atoms with van der Waals surface area (Å²) >= 11 is 0. The van der Waals surface area contributed by atoms with Gasteiger partial charge in [-0.05, 0) is 31.4 Å². The molecule has 1 aliphatic heterocycles. The number of nitrogens with zero attached hydrogens (tertiary/aromatic N) is 3. The lowest BCUT2D eigenvalue weighted by atomic mass is 9.89. The molecule has 0 N–H and O–H groups in total. The van der Waals surface area contributed by atoms with Crippen LogP contribution in [0.2, 0.25) is 0 Å². The molecule has 0 radical (unpaired) electrons. The van der Waals surface area contributed by atoms with Crippen LogP contribution in [0.4, 0.5) is 5.82 Å². The Balaban J connectivity index is 1.74. The number of nitriles is 1.